The van der Waals surface area contributed by atoms with Crippen LogP contribution in [-0.4, -0.2) is 55.0 Å². The summed E-state index contributed by atoms with van der Waals surface area (Å²) in [5.41, 5.74) is -1.14. The first-order valence-electron chi connectivity index (χ1n) is 11.8. The zero-order valence-electron chi connectivity index (χ0n) is 22.8. The van der Waals surface area contributed by atoms with Crippen molar-refractivity contribution in [2.24, 2.45) is 0 Å². The van der Waals surface area contributed by atoms with Crippen molar-refractivity contribution in [1.82, 2.24) is 9.97 Å². The van der Waals surface area contributed by atoms with Gasteiger partial charge in [-0.2, -0.15) is 0 Å². The van der Waals surface area contributed by atoms with E-state index in [0.29, 0.717) is 23.3 Å². The minimum atomic E-state index is -1.96. The van der Waals surface area contributed by atoms with Gasteiger partial charge in [-0.25, -0.2) is 0 Å². The SMILES string of the molecule is CCC(C(=O)O)(C(=O)OC(C)(C)C)c1cnc([N+](=O)[O-])cc1C.CCOC(=O)Cc1cnc([N+](=O)[O-])cc1C. The lowest BCUT2D eigenvalue weighted by Gasteiger charge is -2.30. The number of rotatable bonds is 9. The van der Waals surface area contributed by atoms with Crippen molar-refractivity contribution < 1.29 is 38.8 Å². The number of nitro groups is 2. The van der Waals surface area contributed by atoms with Crippen LogP contribution >= 0.6 is 0 Å². The zero-order chi connectivity index (χ0) is 30.1. The maximum atomic E-state index is 12.6. The van der Waals surface area contributed by atoms with Crippen molar-refractivity contribution >= 4 is 29.5 Å². The summed E-state index contributed by atoms with van der Waals surface area (Å²) >= 11 is 0. The third kappa shape index (κ3) is 8.51. The molecule has 0 radical (unpaired) electrons. The van der Waals surface area contributed by atoms with Gasteiger partial charge in [-0.15, -0.1) is 0 Å². The fraction of sp³-hybridized carbons (Fsp3) is 0.480. The van der Waals surface area contributed by atoms with E-state index >= 15 is 0 Å². The van der Waals surface area contributed by atoms with Crippen molar-refractivity contribution in [2.75, 3.05) is 6.61 Å². The molecular formula is C25H32N4O10. The highest BCUT2D eigenvalue weighted by atomic mass is 16.6. The molecule has 0 amide bonds. The van der Waals surface area contributed by atoms with Crippen LogP contribution in [0.2, 0.25) is 0 Å². The van der Waals surface area contributed by atoms with E-state index in [1.165, 1.54) is 19.2 Å². The Morgan fingerprint density at radius 2 is 1.46 bits per heavy atom. The molecule has 0 aromatic carbocycles. The highest BCUT2D eigenvalue weighted by molar-refractivity contribution is 6.06. The van der Waals surface area contributed by atoms with Gasteiger partial charge in [0.25, 0.3) is 0 Å². The Morgan fingerprint density at radius 1 is 0.949 bits per heavy atom. The number of aryl methyl sites for hydroxylation is 2. The monoisotopic (exact) mass is 548 g/mol. The molecule has 2 aromatic heterocycles. The Bertz CT molecular complexity index is 1260. The van der Waals surface area contributed by atoms with Crippen molar-refractivity contribution in [3.8, 4) is 0 Å². The zero-order valence-corrected chi connectivity index (χ0v) is 22.8. The summed E-state index contributed by atoms with van der Waals surface area (Å²) in [7, 11) is 0. The Balaban J connectivity index is 0.000000416. The number of carboxylic acid groups (broad SMARTS) is 1. The Morgan fingerprint density at radius 3 is 1.85 bits per heavy atom. The van der Waals surface area contributed by atoms with Gasteiger partial charge < -0.3 is 34.8 Å². The van der Waals surface area contributed by atoms with Gasteiger partial charge in [-0.05, 0) is 78.9 Å². The van der Waals surface area contributed by atoms with E-state index in [4.69, 9.17) is 9.47 Å². The molecule has 2 rings (SSSR count). The van der Waals surface area contributed by atoms with Gasteiger partial charge in [0.15, 0.2) is 5.41 Å². The van der Waals surface area contributed by atoms with Crippen LogP contribution < -0.4 is 0 Å². The molecule has 14 heteroatoms. The number of pyridine rings is 2. The second kappa shape index (κ2) is 13.3. The van der Waals surface area contributed by atoms with Crippen LogP contribution in [-0.2, 0) is 35.7 Å². The molecule has 0 spiro atoms. The van der Waals surface area contributed by atoms with Crippen LogP contribution in [0.4, 0.5) is 11.6 Å². The second-order valence-electron chi connectivity index (χ2n) is 9.39. The number of hydrogen-bond donors (Lipinski definition) is 1. The van der Waals surface area contributed by atoms with E-state index in [1.54, 1.807) is 41.5 Å². The second-order valence-corrected chi connectivity index (χ2v) is 9.39. The first kappa shape index (κ1) is 32.5. The van der Waals surface area contributed by atoms with E-state index in [9.17, 15) is 39.7 Å². The number of aliphatic carboxylic acids is 1. The quantitative estimate of drug-likeness (QED) is 0.206. The average molecular weight is 549 g/mol. The normalized spacial score (nSPS) is 12.3. The highest BCUT2D eigenvalue weighted by Crippen LogP contribution is 2.34. The standard InChI is InChI=1S/C15H20N2O6.C10H12N2O4/c1-6-15(12(18)19,13(20)23-14(3,4)5)10-8-16-11(17(21)22)7-9(10)2;1-3-16-10(13)5-8-6-11-9(12(14)15)4-7(8)2/h7-8H,6H2,1-5H3,(H,18,19);4,6H,3,5H2,1-2H3. The molecule has 2 aromatic rings. The number of hydrogen-bond acceptors (Lipinski definition) is 11. The lowest BCUT2D eigenvalue weighted by Crippen LogP contribution is -2.47. The number of carbonyl (C=O) groups excluding carboxylic acids is 2. The molecule has 1 unspecified atom stereocenters. The van der Waals surface area contributed by atoms with Gasteiger partial charge >= 0.3 is 29.5 Å². The average Bonchev–Trinajstić information content (AvgIpc) is 2.81. The molecule has 0 aliphatic rings. The van der Waals surface area contributed by atoms with Crippen molar-refractivity contribution in [1.29, 1.82) is 0 Å². The number of aromatic nitrogens is 2. The van der Waals surface area contributed by atoms with Crippen molar-refractivity contribution in [3.63, 3.8) is 0 Å². The third-order valence-electron chi connectivity index (χ3n) is 5.42. The molecule has 0 fully saturated rings. The number of ether oxygens (including phenoxy) is 2. The predicted molar refractivity (Wildman–Crippen MR) is 137 cm³/mol. The van der Waals surface area contributed by atoms with Gasteiger partial charge in [-0.1, -0.05) is 6.92 Å². The first-order valence-corrected chi connectivity index (χ1v) is 11.8. The summed E-state index contributed by atoms with van der Waals surface area (Å²) in [5, 5.41) is 30.9. The summed E-state index contributed by atoms with van der Waals surface area (Å²) in [6.07, 6.45) is 2.42. The molecule has 0 bridgehead atoms. The van der Waals surface area contributed by atoms with E-state index in [2.05, 4.69) is 9.97 Å². The fourth-order valence-corrected chi connectivity index (χ4v) is 3.47. The Kier molecular flexibility index (Phi) is 11.1. The number of esters is 2. The summed E-state index contributed by atoms with van der Waals surface area (Å²) in [6, 6.07) is 2.49. The molecule has 1 N–H and O–H groups in total. The molecule has 0 aliphatic carbocycles. The van der Waals surface area contributed by atoms with Gasteiger partial charge in [-0.3, -0.25) is 14.4 Å². The molecule has 1 atom stereocenters. The summed E-state index contributed by atoms with van der Waals surface area (Å²) < 4.78 is 10.0. The van der Waals surface area contributed by atoms with Crippen LogP contribution in [0.15, 0.2) is 24.5 Å². The van der Waals surface area contributed by atoms with Crippen LogP contribution in [0.3, 0.4) is 0 Å². The molecule has 0 aliphatic heterocycles. The first-order chi connectivity index (χ1) is 18.0. The lowest BCUT2D eigenvalue weighted by molar-refractivity contribution is -0.389. The molecule has 14 nitrogen and oxygen atoms in total. The summed E-state index contributed by atoms with van der Waals surface area (Å²) in [5.74, 6) is -3.29. The van der Waals surface area contributed by atoms with E-state index in [-0.39, 0.29) is 30.2 Å². The summed E-state index contributed by atoms with van der Waals surface area (Å²) in [4.78, 5) is 62.9. The largest absolute Gasteiger partial charge is 0.480 e. The van der Waals surface area contributed by atoms with Gasteiger partial charge in [0, 0.05) is 23.3 Å². The predicted octanol–water partition coefficient (Wildman–Crippen LogP) is 3.78. The van der Waals surface area contributed by atoms with Crippen LogP contribution in [0, 0.1) is 34.1 Å². The molecule has 0 saturated heterocycles. The van der Waals surface area contributed by atoms with Gasteiger partial charge in [0.1, 0.15) is 18.0 Å². The summed E-state index contributed by atoms with van der Waals surface area (Å²) in [6.45, 7) is 11.7. The smallest absolute Gasteiger partial charge is 0.363 e. The van der Waals surface area contributed by atoms with Crippen molar-refractivity contribution in [3.05, 3.63) is 67.0 Å². The Hall–Kier alpha value is -4.49. The minimum Gasteiger partial charge on any atom is -0.480 e. The highest BCUT2D eigenvalue weighted by Gasteiger charge is 2.51. The maximum absolute atomic E-state index is 12.6. The number of carbonyl (C=O) groups is 3. The molecule has 0 saturated carbocycles. The Labute approximate surface area is 224 Å². The molecule has 212 valence electrons. The molecule has 2 heterocycles. The van der Waals surface area contributed by atoms with Gasteiger partial charge in [0.2, 0.25) is 0 Å². The van der Waals surface area contributed by atoms with E-state index < -0.39 is 38.6 Å². The number of nitrogens with zero attached hydrogens (tertiary/aromatic N) is 4. The van der Waals surface area contributed by atoms with E-state index in [1.807, 2.05) is 0 Å². The van der Waals surface area contributed by atoms with Crippen LogP contribution in [0.1, 0.15) is 63.3 Å². The molecular weight excluding hydrogens is 516 g/mol. The minimum absolute atomic E-state index is 0.0718. The van der Waals surface area contributed by atoms with Crippen molar-refractivity contribution in [2.45, 2.75) is 72.3 Å². The number of carboxylic acids is 1. The fourth-order valence-electron chi connectivity index (χ4n) is 3.47. The maximum Gasteiger partial charge on any atom is 0.363 e. The van der Waals surface area contributed by atoms with Crippen LogP contribution in [0.5, 0.6) is 0 Å². The third-order valence-corrected chi connectivity index (χ3v) is 5.42. The topological polar surface area (TPSA) is 202 Å². The van der Waals surface area contributed by atoms with Gasteiger partial charge in [0.05, 0.1) is 13.0 Å². The van der Waals surface area contributed by atoms with Crippen LogP contribution in [0.25, 0.3) is 0 Å². The lowest BCUT2D eigenvalue weighted by atomic mass is 9.76. The molecule has 39 heavy (non-hydrogen) atoms. The van der Waals surface area contributed by atoms with E-state index in [0.717, 1.165) is 12.3 Å².